The van der Waals surface area contributed by atoms with Gasteiger partial charge in [-0.2, -0.15) is 0 Å². The van der Waals surface area contributed by atoms with Crippen molar-refractivity contribution in [1.82, 2.24) is 0 Å². The van der Waals surface area contributed by atoms with Crippen molar-refractivity contribution in [3.05, 3.63) is 108 Å². The van der Waals surface area contributed by atoms with Crippen molar-refractivity contribution in [2.24, 2.45) is 0 Å². The van der Waals surface area contributed by atoms with Crippen LogP contribution >= 0.6 is 0 Å². The first-order valence-electron chi connectivity index (χ1n) is 13.1. The lowest BCUT2D eigenvalue weighted by atomic mass is 10.0. The van der Waals surface area contributed by atoms with Gasteiger partial charge in [0.05, 0.1) is 11.4 Å². The summed E-state index contributed by atoms with van der Waals surface area (Å²) in [5.74, 6) is 0.697. The van der Waals surface area contributed by atoms with E-state index in [9.17, 15) is 9.59 Å². The SMILES string of the molecule is C=C(COc1ccc(-c2ccc(C)cc2)cc1NC(C)=O)COc1ccc(-c2ccc(C)cc2)cc1NC(C)=O. The number of carbonyl (C=O) groups is 2. The molecule has 40 heavy (non-hydrogen) atoms. The van der Waals surface area contributed by atoms with Crippen molar-refractivity contribution < 1.29 is 19.1 Å². The molecule has 0 unspecified atom stereocenters. The summed E-state index contributed by atoms with van der Waals surface area (Å²) in [7, 11) is 0. The van der Waals surface area contributed by atoms with Crippen LogP contribution in [0, 0.1) is 13.8 Å². The van der Waals surface area contributed by atoms with E-state index in [0.717, 1.165) is 22.3 Å². The van der Waals surface area contributed by atoms with Crippen molar-refractivity contribution >= 4 is 23.2 Å². The first-order valence-corrected chi connectivity index (χ1v) is 13.1. The monoisotopic (exact) mass is 534 g/mol. The number of hydrogen-bond donors (Lipinski definition) is 2. The van der Waals surface area contributed by atoms with Crippen molar-refractivity contribution in [2.75, 3.05) is 23.8 Å². The van der Waals surface area contributed by atoms with Gasteiger partial charge in [-0.1, -0.05) is 78.4 Å². The van der Waals surface area contributed by atoms with Gasteiger partial charge in [0.15, 0.2) is 0 Å². The highest BCUT2D eigenvalue weighted by molar-refractivity contribution is 5.92. The molecule has 6 heteroatoms. The van der Waals surface area contributed by atoms with E-state index in [4.69, 9.17) is 9.47 Å². The third-order valence-corrected chi connectivity index (χ3v) is 6.21. The minimum Gasteiger partial charge on any atom is -0.487 e. The van der Waals surface area contributed by atoms with Gasteiger partial charge in [0.1, 0.15) is 24.7 Å². The van der Waals surface area contributed by atoms with Crippen LogP contribution in [0.25, 0.3) is 22.3 Å². The van der Waals surface area contributed by atoms with Crippen LogP contribution < -0.4 is 20.1 Å². The summed E-state index contributed by atoms with van der Waals surface area (Å²) in [5.41, 5.74) is 8.24. The number of aryl methyl sites for hydroxylation is 2. The van der Waals surface area contributed by atoms with Crippen LogP contribution in [0.15, 0.2) is 97.1 Å². The molecule has 6 nitrogen and oxygen atoms in total. The van der Waals surface area contributed by atoms with Crippen LogP contribution in [0.1, 0.15) is 25.0 Å². The molecular formula is C34H34N2O4. The highest BCUT2D eigenvalue weighted by atomic mass is 16.5. The summed E-state index contributed by atoms with van der Waals surface area (Å²) in [6, 6.07) is 27.8. The summed E-state index contributed by atoms with van der Waals surface area (Å²) in [6.07, 6.45) is 0. The molecule has 2 N–H and O–H groups in total. The number of amides is 2. The lowest BCUT2D eigenvalue weighted by molar-refractivity contribution is -0.115. The van der Waals surface area contributed by atoms with Crippen LogP contribution in [0.3, 0.4) is 0 Å². The fourth-order valence-corrected chi connectivity index (χ4v) is 4.14. The Kier molecular flexibility index (Phi) is 9.02. The fourth-order valence-electron chi connectivity index (χ4n) is 4.14. The largest absolute Gasteiger partial charge is 0.487 e. The van der Waals surface area contributed by atoms with E-state index in [1.54, 1.807) is 0 Å². The molecule has 4 aromatic rings. The van der Waals surface area contributed by atoms with Crippen LogP contribution in [-0.4, -0.2) is 25.0 Å². The molecule has 4 rings (SSSR count). The highest BCUT2D eigenvalue weighted by Crippen LogP contribution is 2.33. The minimum atomic E-state index is -0.187. The first-order chi connectivity index (χ1) is 19.2. The Labute approximate surface area is 235 Å². The van der Waals surface area contributed by atoms with Crippen molar-refractivity contribution in [1.29, 1.82) is 0 Å². The molecule has 0 aliphatic rings. The maximum atomic E-state index is 11.9. The quantitative estimate of drug-likeness (QED) is 0.206. The maximum Gasteiger partial charge on any atom is 0.221 e. The number of rotatable bonds is 10. The van der Waals surface area contributed by atoms with Crippen molar-refractivity contribution in [2.45, 2.75) is 27.7 Å². The topological polar surface area (TPSA) is 76.7 Å². The molecule has 2 amide bonds. The Morgan fingerprint density at radius 1 is 0.600 bits per heavy atom. The van der Waals surface area contributed by atoms with Crippen molar-refractivity contribution in [3.8, 4) is 33.8 Å². The second-order valence-corrected chi connectivity index (χ2v) is 9.84. The zero-order chi connectivity index (χ0) is 28.6. The number of nitrogens with one attached hydrogen (secondary N) is 2. The molecule has 0 atom stereocenters. The molecule has 0 spiro atoms. The molecule has 0 heterocycles. The molecule has 0 aliphatic carbocycles. The fraction of sp³-hybridized carbons (Fsp3) is 0.176. The molecule has 0 fully saturated rings. The van der Waals surface area contributed by atoms with E-state index in [-0.39, 0.29) is 25.0 Å². The normalized spacial score (nSPS) is 10.5. The van der Waals surface area contributed by atoms with Gasteiger partial charge >= 0.3 is 0 Å². The number of benzene rings is 4. The summed E-state index contributed by atoms with van der Waals surface area (Å²) in [5, 5.41) is 5.72. The molecule has 0 bridgehead atoms. The molecule has 0 aromatic heterocycles. The smallest absolute Gasteiger partial charge is 0.221 e. The van der Waals surface area contributed by atoms with E-state index < -0.39 is 0 Å². The summed E-state index contributed by atoms with van der Waals surface area (Å²) in [6.45, 7) is 11.5. The Morgan fingerprint density at radius 2 is 0.950 bits per heavy atom. The average molecular weight is 535 g/mol. The van der Waals surface area contributed by atoms with Gasteiger partial charge < -0.3 is 20.1 Å². The van der Waals surface area contributed by atoms with Gasteiger partial charge in [-0.05, 0) is 65.9 Å². The Morgan fingerprint density at radius 3 is 1.30 bits per heavy atom. The van der Waals surface area contributed by atoms with E-state index in [0.29, 0.717) is 28.4 Å². The molecule has 204 valence electrons. The molecule has 0 aliphatic heterocycles. The second kappa shape index (κ2) is 12.8. The average Bonchev–Trinajstić information content (AvgIpc) is 2.92. The van der Waals surface area contributed by atoms with E-state index >= 15 is 0 Å². The lowest BCUT2D eigenvalue weighted by Gasteiger charge is -2.17. The minimum absolute atomic E-state index is 0.187. The molecule has 0 saturated heterocycles. The van der Waals surface area contributed by atoms with Crippen molar-refractivity contribution in [3.63, 3.8) is 0 Å². The number of carbonyl (C=O) groups excluding carboxylic acids is 2. The van der Waals surface area contributed by atoms with Crippen LogP contribution in [0.5, 0.6) is 11.5 Å². The lowest BCUT2D eigenvalue weighted by Crippen LogP contribution is -2.13. The Hall–Kier alpha value is -4.84. The summed E-state index contributed by atoms with van der Waals surface area (Å²) in [4.78, 5) is 23.7. The molecule has 4 aromatic carbocycles. The molecular weight excluding hydrogens is 500 g/mol. The van der Waals surface area contributed by atoms with E-state index in [2.05, 4.69) is 41.5 Å². The standard InChI is InChI=1S/C34H34N2O4/c1-22-6-10-27(11-7-22)29-14-16-33(31(18-29)35-25(4)37)39-20-24(3)21-40-34-17-15-30(19-32(34)36-26(5)38)28-12-8-23(2)9-13-28/h6-19H,3,20-21H2,1-2,4-5H3,(H,35,37)(H,36,38). The third-order valence-electron chi connectivity index (χ3n) is 6.21. The van der Waals surface area contributed by atoms with Crippen LogP contribution in [0.2, 0.25) is 0 Å². The van der Waals surface area contributed by atoms with Gasteiger partial charge in [-0.3, -0.25) is 9.59 Å². The van der Waals surface area contributed by atoms with E-state index in [1.165, 1.54) is 25.0 Å². The second-order valence-electron chi connectivity index (χ2n) is 9.84. The molecule has 0 radical (unpaired) electrons. The number of ether oxygens (including phenoxy) is 2. The third kappa shape index (κ3) is 7.60. The van der Waals surface area contributed by atoms with Gasteiger partial charge in [0.25, 0.3) is 0 Å². The van der Waals surface area contributed by atoms with Gasteiger partial charge in [0.2, 0.25) is 11.8 Å². The Balaban J connectivity index is 1.43. The predicted octanol–water partition coefficient (Wildman–Crippen LogP) is 7.57. The maximum absolute atomic E-state index is 11.9. The van der Waals surface area contributed by atoms with Crippen LogP contribution in [-0.2, 0) is 9.59 Å². The Bertz CT molecular complexity index is 1410. The van der Waals surface area contributed by atoms with Crippen LogP contribution in [0.4, 0.5) is 11.4 Å². The number of anilines is 2. The highest BCUT2D eigenvalue weighted by Gasteiger charge is 2.12. The zero-order valence-corrected chi connectivity index (χ0v) is 23.3. The number of hydrogen-bond acceptors (Lipinski definition) is 4. The summed E-state index contributed by atoms with van der Waals surface area (Å²) >= 11 is 0. The first kappa shape index (κ1) is 28.2. The predicted molar refractivity (Wildman–Crippen MR) is 162 cm³/mol. The summed E-state index contributed by atoms with van der Waals surface area (Å²) < 4.78 is 12.0. The van der Waals surface area contributed by atoms with E-state index in [1.807, 2.05) is 74.5 Å². The van der Waals surface area contributed by atoms with Gasteiger partial charge in [-0.15, -0.1) is 0 Å². The zero-order valence-electron chi connectivity index (χ0n) is 23.3. The van der Waals surface area contributed by atoms with Gasteiger partial charge in [-0.25, -0.2) is 0 Å². The molecule has 0 saturated carbocycles. The van der Waals surface area contributed by atoms with Gasteiger partial charge in [0, 0.05) is 13.8 Å².